The van der Waals surface area contributed by atoms with Gasteiger partial charge in [0.05, 0.1) is 0 Å². The number of benzene rings is 1. The Balaban J connectivity index is 1.98. The van der Waals surface area contributed by atoms with E-state index in [1.54, 1.807) is 12.1 Å². The molecule has 1 fully saturated rings. The third-order valence-electron chi connectivity index (χ3n) is 3.16. The summed E-state index contributed by atoms with van der Waals surface area (Å²) in [6, 6.07) is 7.42. The van der Waals surface area contributed by atoms with Gasteiger partial charge in [-0.05, 0) is 49.6 Å². The van der Waals surface area contributed by atoms with E-state index in [1.165, 1.54) is 18.5 Å². The summed E-state index contributed by atoms with van der Waals surface area (Å²) >= 11 is 0. The summed E-state index contributed by atoms with van der Waals surface area (Å²) in [7, 11) is 0. The van der Waals surface area contributed by atoms with Crippen molar-refractivity contribution >= 4 is 5.69 Å². The zero-order valence-corrected chi connectivity index (χ0v) is 8.89. The quantitative estimate of drug-likeness (QED) is 0.772. The van der Waals surface area contributed by atoms with Crippen LogP contribution in [-0.4, -0.2) is 24.7 Å². The SMILES string of the molecule is NCC1CCN(c2ccc(O)cc2)CC1. The Kier molecular flexibility index (Phi) is 3.11. The van der Waals surface area contributed by atoms with Crippen molar-refractivity contribution < 1.29 is 5.11 Å². The summed E-state index contributed by atoms with van der Waals surface area (Å²) in [5.74, 6) is 1.02. The van der Waals surface area contributed by atoms with E-state index < -0.39 is 0 Å². The standard InChI is InChI=1S/C12H18N2O/c13-9-10-5-7-14(8-6-10)11-1-3-12(15)4-2-11/h1-4,10,15H,5-9,13H2. The highest BCUT2D eigenvalue weighted by Gasteiger charge is 2.17. The highest BCUT2D eigenvalue weighted by molar-refractivity contribution is 5.49. The first-order valence-electron chi connectivity index (χ1n) is 5.53. The molecule has 1 aliphatic heterocycles. The van der Waals surface area contributed by atoms with Crippen molar-refractivity contribution in [2.75, 3.05) is 24.5 Å². The lowest BCUT2D eigenvalue weighted by atomic mass is 9.97. The fourth-order valence-electron chi connectivity index (χ4n) is 2.09. The van der Waals surface area contributed by atoms with Crippen molar-refractivity contribution in [2.24, 2.45) is 11.7 Å². The first kappa shape index (κ1) is 10.3. The molecule has 1 aliphatic rings. The number of aromatic hydroxyl groups is 1. The average Bonchev–Trinajstić information content (AvgIpc) is 2.30. The summed E-state index contributed by atoms with van der Waals surface area (Å²) in [4.78, 5) is 2.35. The van der Waals surface area contributed by atoms with Gasteiger partial charge in [0.2, 0.25) is 0 Å². The summed E-state index contributed by atoms with van der Waals surface area (Å²) in [5, 5.41) is 9.20. The van der Waals surface area contributed by atoms with Gasteiger partial charge in [0, 0.05) is 18.8 Å². The van der Waals surface area contributed by atoms with Crippen LogP contribution in [0.2, 0.25) is 0 Å². The number of phenolic OH excluding ortho intramolecular Hbond substituents is 1. The molecule has 82 valence electrons. The fraction of sp³-hybridized carbons (Fsp3) is 0.500. The molecule has 0 aliphatic carbocycles. The minimum atomic E-state index is 0.329. The Bertz CT molecular complexity index is 302. The average molecular weight is 206 g/mol. The number of nitrogens with two attached hydrogens (primary N) is 1. The molecule has 0 radical (unpaired) electrons. The zero-order valence-electron chi connectivity index (χ0n) is 8.89. The molecule has 1 saturated heterocycles. The Morgan fingerprint density at radius 2 is 1.80 bits per heavy atom. The van der Waals surface area contributed by atoms with Gasteiger partial charge in [-0.25, -0.2) is 0 Å². The van der Waals surface area contributed by atoms with Crippen LogP contribution in [0.4, 0.5) is 5.69 Å². The largest absolute Gasteiger partial charge is 0.508 e. The van der Waals surface area contributed by atoms with Crippen molar-refractivity contribution in [2.45, 2.75) is 12.8 Å². The van der Waals surface area contributed by atoms with E-state index in [0.29, 0.717) is 11.7 Å². The maximum Gasteiger partial charge on any atom is 0.115 e. The fourth-order valence-corrected chi connectivity index (χ4v) is 2.09. The number of hydrogen-bond acceptors (Lipinski definition) is 3. The second-order valence-corrected chi connectivity index (χ2v) is 4.18. The normalized spacial score (nSPS) is 18.1. The van der Waals surface area contributed by atoms with E-state index >= 15 is 0 Å². The van der Waals surface area contributed by atoms with E-state index in [-0.39, 0.29) is 0 Å². The number of phenols is 1. The van der Waals surface area contributed by atoms with Crippen molar-refractivity contribution in [1.82, 2.24) is 0 Å². The third kappa shape index (κ3) is 2.42. The molecule has 0 amide bonds. The highest BCUT2D eigenvalue weighted by Crippen LogP contribution is 2.24. The van der Waals surface area contributed by atoms with E-state index in [9.17, 15) is 5.11 Å². The predicted octanol–water partition coefficient (Wildman–Crippen LogP) is 1.57. The summed E-state index contributed by atoms with van der Waals surface area (Å²) in [5.41, 5.74) is 6.85. The predicted molar refractivity (Wildman–Crippen MR) is 62.1 cm³/mol. The van der Waals surface area contributed by atoms with Gasteiger partial charge in [0.15, 0.2) is 0 Å². The van der Waals surface area contributed by atoms with Crippen LogP contribution in [0.5, 0.6) is 5.75 Å². The van der Waals surface area contributed by atoms with Crippen molar-refractivity contribution in [3.63, 3.8) is 0 Å². The van der Waals surface area contributed by atoms with Crippen LogP contribution in [0.25, 0.3) is 0 Å². The van der Waals surface area contributed by atoms with Gasteiger partial charge in [-0.2, -0.15) is 0 Å². The Hall–Kier alpha value is -1.22. The van der Waals surface area contributed by atoms with Crippen molar-refractivity contribution in [1.29, 1.82) is 0 Å². The summed E-state index contributed by atoms with van der Waals surface area (Å²) in [6.07, 6.45) is 2.36. The Morgan fingerprint density at radius 1 is 1.20 bits per heavy atom. The first-order valence-corrected chi connectivity index (χ1v) is 5.53. The smallest absolute Gasteiger partial charge is 0.115 e. The number of nitrogens with zero attached hydrogens (tertiary/aromatic N) is 1. The maximum atomic E-state index is 9.20. The van der Waals surface area contributed by atoms with Gasteiger partial charge in [-0.1, -0.05) is 0 Å². The molecule has 2 rings (SSSR count). The number of piperidine rings is 1. The monoisotopic (exact) mass is 206 g/mol. The lowest BCUT2D eigenvalue weighted by Gasteiger charge is -2.33. The van der Waals surface area contributed by atoms with Crippen molar-refractivity contribution in [3.8, 4) is 5.75 Å². The van der Waals surface area contributed by atoms with Crippen LogP contribution >= 0.6 is 0 Å². The van der Waals surface area contributed by atoms with Crippen LogP contribution in [0.1, 0.15) is 12.8 Å². The maximum absolute atomic E-state index is 9.20. The van der Waals surface area contributed by atoms with Crippen LogP contribution in [0.3, 0.4) is 0 Å². The molecule has 0 unspecified atom stereocenters. The minimum absolute atomic E-state index is 0.329. The number of anilines is 1. The molecule has 1 aromatic rings. The topological polar surface area (TPSA) is 49.5 Å². The third-order valence-corrected chi connectivity index (χ3v) is 3.16. The first-order chi connectivity index (χ1) is 7.29. The zero-order chi connectivity index (χ0) is 10.7. The Labute approximate surface area is 90.5 Å². The van der Waals surface area contributed by atoms with Crippen LogP contribution < -0.4 is 10.6 Å². The summed E-state index contributed by atoms with van der Waals surface area (Å²) < 4.78 is 0. The van der Waals surface area contributed by atoms with Crippen LogP contribution in [0.15, 0.2) is 24.3 Å². The lowest BCUT2D eigenvalue weighted by Crippen LogP contribution is -2.35. The molecule has 0 aromatic heterocycles. The van der Waals surface area contributed by atoms with Crippen LogP contribution in [0, 0.1) is 5.92 Å². The molecule has 0 spiro atoms. The number of rotatable bonds is 2. The second-order valence-electron chi connectivity index (χ2n) is 4.18. The highest BCUT2D eigenvalue weighted by atomic mass is 16.3. The molecule has 0 atom stereocenters. The molecular weight excluding hydrogens is 188 g/mol. The Morgan fingerprint density at radius 3 is 2.33 bits per heavy atom. The molecule has 3 heteroatoms. The molecule has 0 saturated carbocycles. The minimum Gasteiger partial charge on any atom is -0.508 e. The molecule has 1 aromatic carbocycles. The van der Waals surface area contributed by atoms with Gasteiger partial charge < -0.3 is 15.7 Å². The van der Waals surface area contributed by atoms with E-state index in [4.69, 9.17) is 5.73 Å². The van der Waals surface area contributed by atoms with Gasteiger partial charge in [-0.15, -0.1) is 0 Å². The van der Waals surface area contributed by atoms with Crippen molar-refractivity contribution in [3.05, 3.63) is 24.3 Å². The number of hydrogen-bond donors (Lipinski definition) is 2. The molecular formula is C12H18N2O. The second kappa shape index (κ2) is 4.53. The van der Waals surface area contributed by atoms with Gasteiger partial charge >= 0.3 is 0 Å². The van der Waals surface area contributed by atoms with Gasteiger partial charge in [0.25, 0.3) is 0 Å². The molecule has 3 N–H and O–H groups in total. The van der Waals surface area contributed by atoms with Gasteiger partial charge in [0.1, 0.15) is 5.75 Å². The van der Waals surface area contributed by atoms with Crippen LogP contribution in [-0.2, 0) is 0 Å². The van der Waals surface area contributed by atoms with E-state index in [0.717, 1.165) is 19.6 Å². The summed E-state index contributed by atoms with van der Waals surface area (Å²) in [6.45, 7) is 2.96. The molecule has 0 bridgehead atoms. The lowest BCUT2D eigenvalue weighted by molar-refractivity contribution is 0.414. The van der Waals surface area contributed by atoms with E-state index in [2.05, 4.69) is 4.90 Å². The molecule has 3 nitrogen and oxygen atoms in total. The van der Waals surface area contributed by atoms with E-state index in [1.807, 2.05) is 12.1 Å². The molecule has 1 heterocycles. The van der Waals surface area contributed by atoms with Gasteiger partial charge in [-0.3, -0.25) is 0 Å². The molecule has 15 heavy (non-hydrogen) atoms.